The van der Waals surface area contributed by atoms with E-state index in [1.807, 2.05) is 0 Å². The third kappa shape index (κ3) is 1.11. The summed E-state index contributed by atoms with van der Waals surface area (Å²) >= 11 is 7.94. The number of thiol groups is 1. The first-order chi connectivity index (χ1) is 6.34. The summed E-state index contributed by atoms with van der Waals surface area (Å²) in [7, 11) is 0. The van der Waals surface area contributed by atoms with Gasteiger partial charge in [-0.05, 0) is 28.3 Å². The van der Waals surface area contributed by atoms with Gasteiger partial charge in [-0.25, -0.2) is 0 Å². The summed E-state index contributed by atoms with van der Waals surface area (Å²) in [5.41, 5.74) is 0. The van der Waals surface area contributed by atoms with E-state index in [4.69, 9.17) is 0 Å². The molecule has 0 radical (unpaired) electrons. The molecule has 0 amide bonds. The van der Waals surface area contributed by atoms with Gasteiger partial charge in [-0.15, -0.1) is 35.3 Å². The van der Waals surface area contributed by atoms with Crippen molar-refractivity contribution in [1.29, 1.82) is 0 Å². The second-order valence-corrected chi connectivity index (χ2v) is 5.66. The number of rotatable bonds is 0. The average molecular weight is 222 g/mol. The van der Waals surface area contributed by atoms with Gasteiger partial charge in [-0.2, -0.15) is 0 Å². The Balaban J connectivity index is 2.64. The van der Waals surface area contributed by atoms with Crippen LogP contribution < -0.4 is 0 Å². The lowest BCUT2D eigenvalue weighted by molar-refractivity contribution is 1.80. The molecule has 0 nitrogen and oxygen atoms in total. The van der Waals surface area contributed by atoms with Gasteiger partial charge in [0, 0.05) is 0 Å². The quantitative estimate of drug-likeness (QED) is 0.535. The van der Waals surface area contributed by atoms with Crippen molar-refractivity contribution in [1.82, 2.24) is 0 Å². The van der Waals surface area contributed by atoms with E-state index in [1.54, 1.807) is 22.7 Å². The number of thiophene rings is 2. The van der Waals surface area contributed by atoms with Crippen molar-refractivity contribution >= 4 is 55.5 Å². The molecule has 0 bridgehead atoms. The van der Waals surface area contributed by atoms with E-state index >= 15 is 0 Å². The van der Waals surface area contributed by atoms with Gasteiger partial charge in [-0.3, -0.25) is 0 Å². The van der Waals surface area contributed by atoms with Crippen LogP contribution in [0.25, 0.3) is 20.2 Å². The summed E-state index contributed by atoms with van der Waals surface area (Å²) in [6, 6.07) is 8.63. The fourth-order valence-electron chi connectivity index (χ4n) is 1.51. The summed E-state index contributed by atoms with van der Waals surface area (Å²) in [5, 5.41) is 4.79. The molecule has 0 saturated heterocycles. The van der Waals surface area contributed by atoms with Crippen LogP contribution in [0.4, 0.5) is 0 Å². The van der Waals surface area contributed by atoms with Gasteiger partial charge in [0.1, 0.15) is 0 Å². The van der Waals surface area contributed by atoms with Crippen LogP contribution in [0.15, 0.2) is 33.9 Å². The standard InChI is InChI=1S/C10H6S3/c11-8-5-7-2-1-6-3-4-12-9(6)10(7)13-8/h1-5,11H. The molecule has 3 aromatic rings. The molecule has 0 N–H and O–H groups in total. The Hall–Kier alpha value is -0.510. The average Bonchev–Trinajstić information content (AvgIpc) is 2.65. The molecular weight excluding hydrogens is 216 g/mol. The van der Waals surface area contributed by atoms with Gasteiger partial charge in [0.15, 0.2) is 0 Å². The van der Waals surface area contributed by atoms with Crippen LogP contribution in [-0.4, -0.2) is 0 Å². The molecule has 0 spiro atoms. The molecule has 1 aromatic carbocycles. The minimum atomic E-state index is 1.09. The SMILES string of the molecule is Sc1cc2ccc3ccsc3c2s1. The molecular formula is C10H6S3. The fourth-order valence-corrected chi connectivity index (χ4v) is 3.89. The molecule has 0 aliphatic carbocycles. The van der Waals surface area contributed by atoms with E-state index in [0.29, 0.717) is 0 Å². The normalized spacial score (nSPS) is 11.5. The van der Waals surface area contributed by atoms with Gasteiger partial charge in [0.25, 0.3) is 0 Å². The second kappa shape index (κ2) is 2.74. The van der Waals surface area contributed by atoms with Crippen LogP contribution in [-0.2, 0) is 0 Å². The van der Waals surface area contributed by atoms with Crippen LogP contribution in [0.2, 0.25) is 0 Å². The van der Waals surface area contributed by atoms with Crippen LogP contribution in [0.1, 0.15) is 0 Å². The molecule has 64 valence electrons. The van der Waals surface area contributed by atoms with Crippen molar-refractivity contribution in [2.24, 2.45) is 0 Å². The maximum Gasteiger partial charge on any atom is 0.0581 e. The molecule has 3 rings (SSSR count). The van der Waals surface area contributed by atoms with Gasteiger partial charge in [-0.1, -0.05) is 12.1 Å². The molecule has 2 aromatic heterocycles. The smallest absolute Gasteiger partial charge is 0.0581 e. The Kier molecular flexibility index (Phi) is 1.65. The zero-order valence-electron chi connectivity index (χ0n) is 6.65. The van der Waals surface area contributed by atoms with Gasteiger partial charge in [0.2, 0.25) is 0 Å². The highest BCUT2D eigenvalue weighted by molar-refractivity contribution is 7.83. The van der Waals surface area contributed by atoms with Crippen LogP contribution in [0.3, 0.4) is 0 Å². The van der Waals surface area contributed by atoms with Crippen molar-refractivity contribution < 1.29 is 0 Å². The maximum absolute atomic E-state index is 4.37. The Morgan fingerprint density at radius 2 is 1.85 bits per heavy atom. The summed E-state index contributed by atoms with van der Waals surface area (Å²) < 4.78 is 3.86. The highest BCUT2D eigenvalue weighted by Crippen LogP contribution is 2.36. The van der Waals surface area contributed by atoms with Crippen molar-refractivity contribution in [2.45, 2.75) is 4.21 Å². The molecule has 0 aliphatic heterocycles. The predicted molar refractivity (Wildman–Crippen MR) is 64.5 cm³/mol. The largest absolute Gasteiger partial charge is 0.142 e. The van der Waals surface area contributed by atoms with E-state index in [-0.39, 0.29) is 0 Å². The number of benzene rings is 1. The molecule has 2 heterocycles. The molecule has 0 saturated carbocycles. The van der Waals surface area contributed by atoms with Gasteiger partial charge in [0.05, 0.1) is 13.6 Å². The minimum absolute atomic E-state index is 1.09. The molecule has 3 heteroatoms. The lowest BCUT2D eigenvalue weighted by atomic mass is 10.2. The molecule has 0 unspecified atom stereocenters. The Morgan fingerprint density at radius 1 is 1.00 bits per heavy atom. The Labute approximate surface area is 89.2 Å². The topological polar surface area (TPSA) is 0 Å². The molecule has 13 heavy (non-hydrogen) atoms. The van der Waals surface area contributed by atoms with Crippen molar-refractivity contribution in [2.75, 3.05) is 0 Å². The van der Waals surface area contributed by atoms with Crippen molar-refractivity contribution in [3.8, 4) is 0 Å². The number of fused-ring (bicyclic) bond motifs is 3. The second-order valence-electron chi connectivity index (χ2n) is 2.91. The molecule has 0 atom stereocenters. The van der Waals surface area contributed by atoms with E-state index < -0.39 is 0 Å². The molecule has 0 fully saturated rings. The lowest BCUT2D eigenvalue weighted by Gasteiger charge is -1.90. The zero-order chi connectivity index (χ0) is 8.84. The monoisotopic (exact) mass is 222 g/mol. The van der Waals surface area contributed by atoms with Crippen LogP contribution >= 0.6 is 35.3 Å². The van der Waals surface area contributed by atoms with Crippen molar-refractivity contribution in [3.05, 3.63) is 29.6 Å². The zero-order valence-corrected chi connectivity index (χ0v) is 9.18. The van der Waals surface area contributed by atoms with Crippen LogP contribution in [0.5, 0.6) is 0 Å². The Bertz CT molecular complexity index is 574. The lowest BCUT2D eigenvalue weighted by Crippen LogP contribution is -1.62. The number of hydrogen-bond acceptors (Lipinski definition) is 3. The van der Waals surface area contributed by atoms with E-state index in [1.165, 1.54) is 20.2 Å². The third-order valence-electron chi connectivity index (χ3n) is 2.09. The minimum Gasteiger partial charge on any atom is -0.142 e. The summed E-state index contributed by atoms with van der Waals surface area (Å²) in [5.74, 6) is 0. The van der Waals surface area contributed by atoms with Crippen molar-refractivity contribution in [3.63, 3.8) is 0 Å². The van der Waals surface area contributed by atoms with Crippen LogP contribution in [0, 0.1) is 0 Å². The summed E-state index contributed by atoms with van der Waals surface area (Å²) in [4.78, 5) is 0. The van der Waals surface area contributed by atoms with E-state index in [0.717, 1.165) is 4.21 Å². The van der Waals surface area contributed by atoms with E-state index in [9.17, 15) is 0 Å². The first-order valence-electron chi connectivity index (χ1n) is 3.93. The first-order valence-corrected chi connectivity index (χ1v) is 6.08. The predicted octanol–water partition coefficient (Wildman–Crippen LogP) is 4.40. The van der Waals surface area contributed by atoms with Gasteiger partial charge >= 0.3 is 0 Å². The first kappa shape index (κ1) is 7.85. The Morgan fingerprint density at radius 3 is 2.77 bits per heavy atom. The molecule has 0 aliphatic rings. The highest BCUT2D eigenvalue weighted by atomic mass is 32.2. The fraction of sp³-hybridized carbons (Fsp3) is 0. The number of hydrogen-bond donors (Lipinski definition) is 1. The summed E-state index contributed by atoms with van der Waals surface area (Å²) in [6.07, 6.45) is 0. The third-order valence-corrected chi connectivity index (χ3v) is 4.54. The highest BCUT2D eigenvalue weighted by Gasteiger charge is 2.04. The maximum atomic E-state index is 4.37. The van der Waals surface area contributed by atoms with E-state index in [2.05, 4.69) is 42.3 Å². The summed E-state index contributed by atoms with van der Waals surface area (Å²) in [6.45, 7) is 0. The van der Waals surface area contributed by atoms with Gasteiger partial charge < -0.3 is 0 Å².